The fourth-order valence-electron chi connectivity index (χ4n) is 3.08. The number of hydrogen-bond donors (Lipinski definition) is 2. The monoisotopic (exact) mass is 464 g/mol. The molecule has 0 unspecified atom stereocenters. The van der Waals surface area contributed by atoms with Crippen molar-refractivity contribution in [3.05, 3.63) is 74.0 Å². The van der Waals surface area contributed by atoms with Crippen LogP contribution in [-0.2, 0) is 11.2 Å². The molecule has 0 saturated heterocycles. The molecular weight excluding hydrogens is 447 g/mol. The number of carbonyl (C=O) groups excluding carboxylic acids is 2. The van der Waals surface area contributed by atoms with Gasteiger partial charge in [-0.3, -0.25) is 9.59 Å². The number of rotatable bonds is 5. The second kappa shape index (κ2) is 9.08. The van der Waals surface area contributed by atoms with Crippen LogP contribution in [0.4, 0.5) is 5.69 Å². The average Bonchev–Trinajstić information content (AvgIpc) is 2.99. The lowest BCUT2D eigenvalue weighted by molar-refractivity contribution is -0.115. The Kier molecular flexibility index (Phi) is 6.71. The molecule has 0 saturated carbocycles. The van der Waals surface area contributed by atoms with Crippen molar-refractivity contribution in [2.24, 2.45) is 0 Å². The molecule has 3 rings (SSSR count). The van der Waals surface area contributed by atoms with Gasteiger partial charge in [0.2, 0.25) is 5.91 Å². The fourth-order valence-corrected chi connectivity index (χ4v) is 3.57. The van der Waals surface area contributed by atoms with Crippen molar-refractivity contribution in [2.45, 2.75) is 20.3 Å². The van der Waals surface area contributed by atoms with Gasteiger partial charge in [0.15, 0.2) is 0 Å². The molecule has 0 aliphatic heterocycles. The molecule has 0 atom stereocenters. The summed E-state index contributed by atoms with van der Waals surface area (Å²) >= 11 is 18.2. The van der Waals surface area contributed by atoms with Gasteiger partial charge in [-0.2, -0.15) is 5.10 Å². The predicted octanol–water partition coefficient (Wildman–Crippen LogP) is 4.99. The van der Waals surface area contributed by atoms with Gasteiger partial charge in [-0.25, -0.2) is 4.68 Å². The van der Waals surface area contributed by atoms with Gasteiger partial charge in [0.05, 0.1) is 38.4 Å². The van der Waals surface area contributed by atoms with Gasteiger partial charge in [-0.05, 0) is 50.2 Å². The van der Waals surface area contributed by atoms with Crippen LogP contribution in [0.3, 0.4) is 0 Å². The smallest absolute Gasteiger partial charge is 0.252 e. The SMILES string of the molecule is CNC(=O)c1cc(NC(=O)Cc2c(C)nn(-c3ccc(Cl)c(Cl)c3)c2C)ccc1Cl. The Morgan fingerprint density at radius 2 is 1.70 bits per heavy atom. The first-order valence-electron chi connectivity index (χ1n) is 9.03. The van der Waals surface area contributed by atoms with Gasteiger partial charge >= 0.3 is 0 Å². The maximum absolute atomic E-state index is 12.6. The molecule has 1 heterocycles. The third-order valence-corrected chi connectivity index (χ3v) is 5.72. The van der Waals surface area contributed by atoms with Gasteiger partial charge in [-0.1, -0.05) is 34.8 Å². The molecule has 30 heavy (non-hydrogen) atoms. The summed E-state index contributed by atoms with van der Waals surface area (Å²) in [4.78, 5) is 24.5. The Labute approximate surface area is 189 Å². The van der Waals surface area contributed by atoms with Gasteiger partial charge in [0.25, 0.3) is 5.91 Å². The summed E-state index contributed by atoms with van der Waals surface area (Å²) in [5, 5.41) is 11.1. The van der Waals surface area contributed by atoms with Gasteiger partial charge < -0.3 is 10.6 Å². The van der Waals surface area contributed by atoms with Crippen LogP contribution < -0.4 is 10.6 Å². The highest BCUT2D eigenvalue weighted by Gasteiger charge is 2.17. The number of aromatic nitrogens is 2. The zero-order valence-electron chi connectivity index (χ0n) is 16.5. The van der Waals surface area contributed by atoms with E-state index < -0.39 is 0 Å². The molecule has 2 N–H and O–H groups in total. The van der Waals surface area contributed by atoms with Crippen molar-refractivity contribution in [1.82, 2.24) is 15.1 Å². The molecule has 156 valence electrons. The number of aryl methyl sites for hydroxylation is 1. The average molecular weight is 466 g/mol. The van der Waals surface area contributed by atoms with E-state index in [4.69, 9.17) is 34.8 Å². The highest BCUT2D eigenvalue weighted by Crippen LogP contribution is 2.26. The van der Waals surface area contributed by atoms with Crippen LogP contribution >= 0.6 is 34.8 Å². The lowest BCUT2D eigenvalue weighted by Crippen LogP contribution is -2.19. The number of amides is 2. The summed E-state index contributed by atoms with van der Waals surface area (Å²) in [7, 11) is 1.51. The molecule has 3 aromatic rings. The van der Waals surface area contributed by atoms with E-state index in [-0.39, 0.29) is 23.8 Å². The van der Waals surface area contributed by atoms with E-state index in [9.17, 15) is 9.59 Å². The second-order valence-electron chi connectivity index (χ2n) is 6.66. The van der Waals surface area contributed by atoms with Crippen molar-refractivity contribution >= 4 is 52.3 Å². The number of anilines is 1. The summed E-state index contributed by atoms with van der Waals surface area (Å²) in [5.74, 6) is -0.564. The zero-order valence-corrected chi connectivity index (χ0v) is 18.8. The van der Waals surface area contributed by atoms with Gasteiger partial charge in [0.1, 0.15) is 0 Å². The molecule has 9 heteroatoms. The molecule has 2 aromatic carbocycles. The van der Waals surface area contributed by atoms with Crippen LogP contribution in [0.2, 0.25) is 15.1 Å². The Morgan fingerprint density at radius 1 is 1.00 bits per heavy atom. The fraction of sp³-hybridized carbons (Fsp3) is 0.190. The Bertz CT molecular complexity index is 1140. The highest BCUT2D eigenvalue weighted by molar-refractivity contribution is 6.42. The highest BCUT2D eigenvalue weighted by atomic mass is 35.5. The number of nitrogens with one attached hydrogen (secondary N) is 2. The largest absolute Gasteiger partial charge is 0.355 e. The van der Waals surface area contributed by atoms with E-state index in [0.717, 1.165) is 22.6 Å². The summed E-state index contributed by atoms with van der Waals surface area (Å²) in [6.07, 6.45) is 0.122. The first-order valence-corrected chi connectivity index (χ1v) is 10.2. The molecule has 0 radical (unpaired) electrons. The standard InChI is InChI=1S/C21H19Cl3N4O2/c1-11-15(12(2)28(27-11)14-5-7-18(23)19(24)9-14)10-20(29)26-13-4-6-17(22)16(8-13)21(30)25-3/h4-9H,10H2,1-3H3,(H,25,30)(H,26,29). The minimum atomic E-state index is -0.328. The quantitative estimate of drug-likeness (QED) is 0.557. The molecule has 1 aromatic heterocycles. The van der Waals surface area contributed by atoms with E-state index in [0.29, 0.717) is 20.8 Å². The maximum Gasteiger partial charge on any atom is 0.252 e. The summed E-state index contributed by atoms with van der Waals surface area (Å²) in [5.41, 5.74) is 3.88. The number of halogens is 3. The lowest BCUT2D eigenvalue weighted by Gasteiger charge is -2.09. The first kappa shape index (κ1) is 22.2. The number of carbonyl (C=O) groups is 2. The first-order chi connectivity index (χ1) is 14.2. The third-order valence-electron chi connectivity index (χ3n) is 4.65. The molecule has 0 fully saturated rings. The number of benzene rings is 2. The summed E-state index contributed by atoms with van der Waals surface area (Å²) in [6.45, 7) is 3.73. The normalized spacial score (nSPS) is 10.7. The van der Waals surface area contributed by atoms with E-state index in [1.165, 1.54) is 13.1 Å². The minimum Gasteiger partial charge on any atom is -0.355 e. The van der Waals surface area contributed by atoms with Crippen LogP contribution in [0, 0.1) is 13.8 Å². The van der Waals surface area contributed by atoms with E-state index in [2.05, 4.69) is 15.7 Å². The Balaban J connectivity index is 1.82. The molecule has 0 aliphatic rings. The van der Waals surface area contributed by atoms with Crippen molar-refractivity contribution < 1.29 is 9.59 Å². The van der Waals surface area contributed by atoms with Crippen molar-refractivity contribution in [1.29, 1.82) is 0 Å². The Morgan fingerprint density at radius 3 is 2.37 bits per heavy atom. The molecular formula is C21H19Cl3N4O2. The number of nitrogens with zero attached hydrogens (tertiary/aromatic N) is 2. The van der Waals surface area contributed by atoms with Crippen LogP contribution in [0.1, 0.15) is 27.3 Å². The number of hydrogen-bond acceptors (Lipinski definition) is 3. The predicted molar refractivity (Wildman–Crippen MR) is 120 cm³/mol. The molecule has 2 amide bonds. The van der Waals surface area contributed by atoms with Gasteiger partial charge in [-0.15, -0.1) is 0 Å². The Hall–Kier alpha value is -2.54. The minimum absolute atomic E-state index is 0.122. The zero-order chi connectivity index (χ0) is 22.0. The molecule has 0 aliphatic carbocycles. The van der Waals surface area contributed by atoms with Crippen LogP contribution in [0.5, 0.6) is 0 Å². The lowest BCUT2D eigenvalue weighted by atomic mass is 10.1. The van der Waals surface area contributed by atoms with Gasteiger partial charge in [0, 0.05) is 24.0 Å². The molecule has 0 bridgehead atoms. The summed E-state index contributed by atoms with van der Waals surface area (Å²) in [6, 6.07) is 9.99. The van der Waals surface area contributed by atoms with Crippen molar-refractivity contribution in [3.63, 3.8) is 0 Å². The van der Waals surface area contributed by atoms with E-state index in [1.807, 2.05) is 19.9 Å². The third kappa shape index (κ3) is 4.61. The van der Waals surface area contributed by atoms with E-state index in [1.54, 1.807) is 28.9 Å². The van der Waals surface area contributed by atoms with Crippen molar-refractivity contribution in [3.8, 4) is 5.69 Å². The second-order valence-corrected chi connectivity index (χ2v) is 7.88. The van der Waals surface area contributed by atoms with Crippen LogP contribution in [-0.4, -0.2) is 28.6 Å². The van der Waals surface area contributed by atoms with Crippen LogP contribution in [0.25, 0.3) is 5.69 Å². The summed E-state index contributed by atoms with van der Waals surface area (Å²) < 4.78 is 1.73. The topological polar surface area (TPSA) is 76.0 Å². The van der Waals surface area contributed by atoms with Crippen LogP contribution in [0.15, 0.2) is 36.4 Å². The van der Waals surface area contributed by atoms with E-state index >= 15 is 0 Å². The maximum atomic E-state index is 12.6. The molecule has 0 spiro atoms. The molecule has 6 nitrogen and oxygen atoms in total. The van der Waals surface area contributed by atoms with Crippen molar-refractivity contribution in [2.75, 3.05) is 12.4 Å².